The summed E-state index contributed by atoms with van der Waals surface area (Å²) in [5.41, 5.74) is 5.03. The number of carboxylic acid groups (broad SMARTS) is 1. The van der Waals surface area contributed by atoms with Crippen molar-refractivity contribution in [3.8, 4) is 22.8 Å². The second kappa shape index (κ2) is 12.6. The Morgan fingerprint density at radius 2 is 1.17 bits per heavy atom. The van der Waals surface area contributed by atoms with E-state index in [9.17, 15) is 19.2 Å². The van der Waals surface area contributed by atoms with Crippen molar-refractivity contribution in [1.29, 1.82) is 0 Å². The van der Waals surface area contributed by atoms with Crippen LogP contribution in [0.4, 0.5) is 0 Å². The van der Waals surface area contributed by atoms with Crippen molar-refractivity contribution in [1.82, 2.24) is 19.9 Å². The van der Waals surface area contributed by atoms with Crippen molar-refractivity contribution in [3.63, 3.8) is 0 Å². The number of nitrogens with zero attached hydrogens (tertiary/aromatic N) is 4. The van der Waals surface area contributed by atoms with E-state index in [1.807, 2.05) is 0 Å². The standard InChI is InChI=1S/C17H16N2O3.C15H12N2O3/c1-2-22-17(21)12-8-6-11(7-9-12)16-18-10-13-4-3-5-14(20)15(13)19-16;18-12-3-1-2-11-8-16-14(17-13(11)12)9-4-6-10(7-5-9)15(19)20/h6-10H,2-5H2,1H3;4-8H,1-3H2,(H,19,20). The lowest BCUT2D eigenvalue weighted by Crippen LogP contribution is -2.14. The molecule has 0 fully saturated rings. The number of carboxylic acids is 1. The second-order valence-corrected chi connectivity index (χ2v) is 9.87. The van der Waals surface area contributed by atoms with Crippen molar-refractivity contribution in [2.45, 2.75) is 45.4 Å². The topological polar surface area (TPSA) is 149 Å². The van der Waals surface area contributed by atoms with Gasteiger partial charge in [0.05, 0.1) is 17.7 Å². The van der Waals surface area contributed by atoms with Crippen LogP contribution in [0.15, 0.2) is 60.9 Å². The van der Waals surface area contributed by atoms with Gasteiger partial charge >= 0.3 is 11.9 Å². The molecule has 0 aliphatic heterocycles. The molecule has 4 aromatic rings. The lowest BCUT2D eigenvalue weighted by atomic mass is 9.96. The highest BCUT2D eigenvalue weighted by Crippen LogP contribution is 2.24. The first-order chi connectivity index (χ1) is 20.3. The number of hydrogen-bond acceptors (Lipinski definition) is 9. The molecule has 0 unspecified atom stereocenters. The van der Waals surface area contributed by atoms with Crippen LogP contribution < -0.4 is 0 Å². The van der Waals surface area contributed by atoms with Crippen molar-refractivity contribution < 1.29 is 29.0 Å². The number of aromatic nitrogens is 4. The van der Waals surface area contributed by atoms with Crippen molar-refractivity contribution in [3.05, 3.63) is 94.6 Å². The molecule has 2 aromatic carbocycles. The Morgan fingerprint density at radius 1 is 0.714 bits per heavy atom. The largest absolute Gasteiger partial charge is 0.478 e. The first-order valence-electron chi connectivity index (χ1n) is 13.7. The van der Waals surface area contributed by atoms with Crippen LogP contribution in [0, 0.1) is 0 Å². The average Bonchev–Trinajstić information content (AvgIpc) is 3.02. The highest BCUT2D eigenvalue weighted by Gasteiger charge is 2.21. The molecule has 10 nitrogen and oxygen atoms in total. The summed E-state index contributed by atoms with van der Waals surface area (Å²) >= 11 is 0. The minimum Gasteiger partial charge on any atom is -0.478 e. The van der Waals surface area contributed by atoms with E-state index in [1.165, 1.54) is 12.1 Å². The summed E-state index contributed by atoms with van der Waals surface area (Å²) in [6.45, 7) is 2.11. The van der Waals surface area contributed by atoms with Gasteiger partial charge in [-0.2, -0.15) is 0 Å². The zero-order valence-electron chi connectivity index (χ0n) is 23.0. The van der Waals surface area contributed by atoms with Gasteiger partial charge in [0, 0.05) is 36.4 Å². The summed E-state index contributed by atoms with van der Waals surface area (Å²) in [6, 6.07) is 13.2. The lowest BCUT2D eigenvalue weighted by Gasteiger charge is -2.13. The molecule has 2 heterocycles. The fourth-order valence-corrected chi connectivity index (χ4v) is 4.79. The molecule has 0 saturated heterocycles. The smallest absolute Gasteiger partial charge is 0.338 e. The van der Waals surface area contributed by atoms with Gasteiger partial charge in [0.1, 0.15) is 11.4 Å². The van der Waals surface area contributed by atoms with Gasteiger partial charge in [0.25, 0.3) is 0 Å². The number of carbonyl (C=O) groups excluding carboxylic acids is 3. The third kappa shape index (κ3) is 6.27. The molecule has 0 amide bonds. The third-order valence-electron chi connectivity index (χ3n) is 7.00. The number of ether oxygens (including phenoxy) is 1. The first-order valence-corrected chi connectivity index (χ1v) is 13.7. The van der Waals surface area contributed by atoms with Crippen molar-refractivity contribution in [2.75, 3.05) is 6.61 Å². The first kappa shape index (κ1) is 28.4. The molecular formula is C32H28N4O6. The van der Waals surface area contributed by atoms with Crippen LogP contribution in [-0.4, -0.2) is 55.2 Å². The van der Waals surface area contributed by atoms with Gasteiger partial charge in [-0.1, -0.05) is 24.3 Å². The summed E-state index contributed by atoms with van der Waals surface area (Å²) in [5.74, 6) is -0.237. The van der Waals surface area contributed by atoms with Gasteiger partial charge in [0.2, 0.25) is 0 Å². The van der Waals surface area contributed by atoms with E-state index in [-0.39, 0.29) is 23.1 Å². The molecule has 1 N–H and O–H groups in total. The number of ketones is 2. The van der Waals surface area contributed by atoms with Gasteiger partial charge in [-0.05, 0) is 68.0 Å². The fraction of sp³-hybridized carbons (Fsp3) is 0.250. The number of benzene rings is 2. The molecule has 10 heteroatoms. The molecule has 42 heavy (non-hydrogen) atoms. The molecule has 2 aromatic heterocycles. The average molecular weight is 565 g/mol. The van der Waals surface area contributed by atoms with Gasteiger partial charge < -0.3 is 9.84 Å². The van der Waals surface area contributed by atoms with Crippen molar-refractivity contribution in [2.24, 2.45) is 0 Å². The molecule has 0 spiro atoms. The predicted octanol–water partition coefficient (Wildman–Crippen LogP) is 5.20. The number of esters is 1. The molecule has 0 bridgehead atoms. The number of hydrogen-bond donors (Lipinski definition) is 1. The van der Waals surface area contributed by atoms with Crippen LogP contribution in [0.5, 0.6) is 0 Å². The molecule has 6 rings (SSSR count). The number of aryl methyl sites for hydroxylation is 2. The Bertz CT molecular complexity index is 1670. The van der Waals surface area contributed by atoms with E-state index in [0.29, 0.717) is 53.6 Å². The number of aromatic carboxylic acids is 1. The molecule has 0 radical (unpaired) electrons. The summed E-state index contributed by atoms with van der Waals surface area (Å²) in [6.07, 6.45) is 7.90. The van der Waals surface area contributed by atoms with Crippen LogP contribution in [0.1, 0.15) is 85.4 Å². The van der Waals surface area contributed by atoms with Crippen LogP contribution in [-0.2, 0) is 17.6 Å². The summed E-state index contributed by atoms with van der Waals surface area (Å²) in [5, 5.41) is 8.86. The van der Waals surface area contributed by atoms with Gasteiger partial charge in [-0.25, -0.2) is 29.5 Å². The minimum absolute atomic E-state index is 0.0528. The van der Waals surface area contributed by atoms with E-state index >= 15 is 0 Å². The van der Waals surface area contributed by atoms with E-state index < -0.39 is 5.97 Å². The minimum atomic E-state index is -0.974. The molecule has 2 aliphatic carbocycles. The highest BCUT2D eigenvalue weighted by molar-refractivity contribution is 5.97. The number of carbonyl (C=O) groups is 4. The summed E-state index contributed by atoms with van der Waals surface area (Å²) < 4.78 is 4.95. The number of rotatable bonds is 5. The Morgan fingerprint density at radius 3 is 1.60 bits per heavy atom. The monoisotopic (exact) mass is 564 g/mol. The Balaban J connectivity index is 0.000000169. The normalized spacial score (nSPS) is 13.7. The van der Waals surface area contributed by atoms with E-state index in [2.05, 4.69) is 19.9 Å². The Hall–Kier alpha value is -5.12. The quantitative estimate of drug-likeness (QED) is 0.320. The zero-order valence-corrected chi connectivity index (χ0v) is 23.0. The molecule has 0 saturated carbocycles. The van der Waals surface area contributed by atoms with Gasteiger partial charge in [-0.15, -0.1) is 0 Å². The second-order valence-electron chi connectivity index (χ2n) is 9.87. The highest BCUT2D eigenvalue weighted by atomic mass is 16.5. The van der Waals surface area contributed by atoms with Crippen LogP contribution in [0.2, 0.25) is 0 Å². The van der Waals surface area contributed by atoms with E-state index in [1.54, 1.807) is 55.7 Å². The van der Waals surface area contributed by atoms with Crippen LogP contribution in [0.3, 0.4) is 0 Å². The fourth-order valence-electron chi connectivity index (χ4n) is 4.79. The zero-order chi connectivity index (χ0) is 29.6. The van der Waals surface area contributed by atoms with E-state index in [0.717, 1.165) is 42.4 Å². The number of fused-ring (bicyclic) bond motifs is 2. The lowest BCUT2D eigenvalue weighted by molar-refractivity contribution is 0.0525. The number of Topliss-reactive ketones (excluding diaryl/α,β-unsaturated/α-hetero) is 2. The SMILES string of the molecule is CCOC(=O)c1ccc(-c2ncc3c(n2)C(=O)CCC3)cc1.O=C(O)c1ccc(-c2ncc3c(n2)C(=O)CCC3)cc1. The van der Waals surface area contributed by atoms with Gasteiger partial charge in [-0.3, -0.25) is 9.59 Å². The molecule has 0 atom stereocenters. The summed E-state index contributed by atoms with van der Waals surface area (Å²) in [7, 11) is 0. The van der Waals surface area contributed by atoms with Gasteiger partial charge in [0.15, 0.2) is 23.2 Å². The molecule has 2 aliphatic rings. The summed E-state index contributed by atoms with van der Waals surface area (Å²) in [4.78, 5) is 63.5. The Labute approximate surface area is 241 Å². The van der Waals surface area contributed by atoms with Crippen LogP contribution >= 0.6 is 0 Å². The molecular weight excluding hydrogens is 536 g/mol. The predicted molar refractivity (Wildman–Crippen MR) is 152 cm³/mol. The molecule has 212 valence electrons. The van der Waals surface area contributed by atoms with Crippen molar-refractivity contribution >= 4 is 23.5 Å². The maximum atomic E-state index is 11.9. The van der Waals surface area contributed by atoms with Crippen LogP contribution in [0.25, 0.3) is 22.8 Å². The Kier molecular flexibility index (Phi) is 8.52. The van der Waals surface area contributed by atoms with E-state index in [4.69, 9.17) is 9.84 Å². The third-order valence-corrected chi connectivity index (χ3v) is 7.00. The maximum absolute atomic E-state index is 11.9. The maximum Gasteiger partial charge on any atom is 0.338 e.